The largest absolute Gasteiger partial charge is 0.345 e. The summed E-state index contributed by atoms with van der Waals surface area (Å²) in [6.07, 6.45) is 8.54. The maximum atomic E-state index is 12.1. The van der Waals surface area contributed by atoms with E-state index < -0.39 is 0 Å². The number of hydrogen-bond donors (Lipinski definition) is 1. The molecule has 2 aliphatic heterocycles. The molecule has 2 atom stereocenters. The van der Waals surface area contributed by atoms with Gasteiger partial charge in [-0.25, -0.2) is 0 Å². The van der Waals surface area contributed by atoms with Gasteiger partial charge in [0.2, 0.25) is 5.91 Å². The molecule has 2 saturated heterocycles. The molecule has 2 bridgehead atoms. The zero-order chi connectivity index (χ0) is 11.8. The van der Waals surface area contributed by atoms with Crippen LogP contribution in [0.15, 0.2) is 0 Å². The van der Waals surface area contributed by atoms with Gasteiger partial charge in [-0.05, 0) is 50.4 Å². The van der Waals surface area contributed by atoms with Crippen molar-refractivity contribution in [2.75, 3.05) is 13.6 Å². The van der Waals surface area contributed by atoms with Crippen LogP contribution in [0.1, 0.15) is 44.9 Å². The van der Waals surface area contributed by atoms with Crippen molar-refractivity contribution in [3.05, 3.63) is 0 Å². The lowest BCUT2D eigenvalue weighted by atomic mass is 9.89. The van der Waals surface area contributed by atoms with E-state index in [-0.39, 0.29) is 12.4 Å². The van der Waals surface area contributed by atoms with Crippen LogP contribution in [0.3, 0.4) is 0 Å². The second kappa shape index (κ2) is 5.79. The van der Waals surface area contributed by atoms with Gasteiger partial charge in [0.15, 0.2) is 0 Å². The monoisotopic (exact) mass is 272 g/mol. The molecular weight excluding hydrogens is 248 g/mol. The molecular formula is C14H25ClN2O. The van der Waals surface area contributed by atoms with Gasteiger partial charge < -0.3 is 10.2 Å². The van der Waals surface area contributed by atoms with Crippen LogP contribution < -0.4 is 5.32 Å². The Hall–Kier alpha value is -0.280. The van der Waals surface area contributed by atoms with Crippen molar-refractivity contribution in [3.8, 4) is 0 Å². The number of carbonyl (C=O) groups is 1. The molecule has 3 nitrogen and oxygen atoms in total. The first-order valence-corrected chi connectivity index (χ1v) is 7.20. The number of halogens is 1. The number of nitrogens with zero attached hydrogens (tertiary/aromatic N) is 1. The van der Waals surface area contributed by atoms with E-state index in [9.17, 15) is 4.79 Å². The van der Waals surface area contributed by atoms with Gasteiger partial charge in [-0.1, -0.05) is 0 Å². The smallest absolute Gasteiger partial charge is 0.222 e. The van der Waals surface area contributed by atoms with Gasteiger partial charge in [0.1, 0.15) is 0 Å². The van der Waals surface area contributed by atoms with E-state index in [4.69, 9.17) is 0 Å². The molecule has 1 amide bonds. The Kier molecular flexibility index (Phi) is 4.54. The predicted octanol–water partition coefficient (Wildman–Crippen LogP) is 2.20. The molecule has 0 spiro atoms. The van der Waals surface area contributed by atoms with Crippen LogP contribution in [0.5, 0.6) is 0 Å². The molecule has 3 fully saturated rings. The Bertz CT molecular complexity index is 294. The van der Waals surface area contributed by atoms with Gasteiger partial charge in [-0.3, -0.25) is 4.79 Å². The first kappa shape index (κ1) is 14.1. The Labute approximate surface area is 116 Å². The Balaban J connectivity index is 0.00000120. The van der Waals surface area contributed by atoms with Crippen molar-refractivity contribution in [3.63, 3.8) is 0 Å². The van der Waals surface area contributed by atoms with Crippen LogP contribution in [-0.2, 0) is 4.79 Å². The standard InChI is InChI=1S/C14H24N2O.ClH/c1-16(9-10-2-3-10)14(17)8-11-6-12-4-5-13(7-11)15-12;/h10-13,15H,2-9H2,1H3;1H. The first-order valence-electron chi connectivity index (χ1n) is 7.20. The quantitative estimate of drug-likeness (QED) is 0.851. The van der Waals surface area contributed by atoms with E-state index in [1.807, 2.05) is 11.9 Å². The topological polar surface area (TPSA) is 32.3 Å². The highest BCUT2D eigenvalue weighted by Crippen LogP contribution is 2.33. The summed E-state index contributed by atoms with van der Waals surface area (Å²) < 4.78 is 0. The summed E-state index contributed by atoms with van der Waals surface area (Å²) in [5, 5.41) is 3.64. The Morgan fingerprint density at radius 3 is 2.28 bits per heavy atom. The van der Waals surface area contributed by atoms with Crippen LogP contribution in [0, 0.1) is 11.8 Å². The molecule has 2 unspecified atom stereocenters. The summed E-state index contributed by atoms with van der Waals surface area (Å²) in [7, 11) is 1.98. The summed E-state index contributed by atoms with van der Waals surface area (Å²) in [6.45, 7) is 0.997. The lowest BCUT2D eigenvalue weighted by molar-refractivity contribution is -0.131. The molecule has 1 N–H and O–H groups in total. The lowest BCUT2D eigenvalue weighted by Crippen LogP contribution is -2.40. The van der Waals surface area contributed by atoms with Crippen LogP contribution in [0.25, 0.3) is 0 Å². The summed E-state index contributed by atoms with van der Waals surface area (Å²) in [6, 6.07) is 1.42. The van der Waals surface area contributed by atoms with E-state index in [0.29, 0.717) is 23.9 Å². The molecule has 2 heterocycles. The molecule has 0 aromatic carbocycles. The predicted molar refractivity (Wildman–Crippen MR) is 74.9 cm³/mol. The number of carbonyl (C=O) groups excluding carboxylic acids is 1. The summed E-state index contributed by atoms with van der Waals surface area (Å²) in [5.41, 5.74) is 0. The molecule has 0 aromatic rings. The van der Waals surface area contributed by atoms with Gasteiger partial charge >= 0.3 is 0 Å². The third-order valence-corrected chi connectivity index (χ3v) is 4.69. The number of amides is 1. The summed E-state index contributed by atoms with van der Waals surface area (Å²) >= 11 is 0. The fraction of sp³-hybridized carbons (Fsp3) is 0.929. The van der Waals surface area contributed by atoms with Crippen molar-refractivity contribution in [1.29, 1.82) is 0 Å². The average Bonchev–Trinajstić information content (AvgIpc) is 3.04. The minimum absolute atomic E-state index is 0. The maximum Gasteiger partial charge on any atom is 0.222 e. The van der Waals surface area contributed by atoms with E-state index >= 15 is 0 Å². The van der Waals surface area contributed by atoms with E-state index in [1.54, 1.807) is 0 Å². The van der Waals surface area contributed by atoms with Gasteiger partial charge in [0.25, 0.3) is 0 Å². The number of piperidine rings is 1. The van der Waals surface area contributed by atoms with Crippen LogP contribution in [0.2, 0.25) is 0 Å². The minimum atomic E-state index is 0. The third kappa shape index (κ3) is 3.39. The molecule has 18 heavy (non-hydrogen) atoms. The normalized spacial score (nSPS) is 33.9. The van der Waals surface area contributed by atoms with E-state index in [1.165, 1.54) is 38.5 Å². The number of nitrogens with one attached hydrogen (secondary N) is 1. The molecule has 0 radical (unpaired) electrons. The molecule has 1 aliphatic carbocycles. The highest BCUT2D eigenvalue weighted by atomic mass is 35.5. The zero-order valence-corrected chi connectivity index (χ0v) is 12.0. The molecule has 1 saturated carbocycles. The fourth-order valence-corrected chi connectivity index (χ4v) is 3.53. The van der Waals surface area contributed by atoms with E-state index in [2.05, 4.69) is 5.32 Å². The lowest BCUT2D eigenvalue weighted by Gasteiger charge is -2.30. The Morgan fingerprint density at radius 2 is 1.72 bits per heavy atom. The fourth-order valence-electron chi connectivity index (χ4n) is 3.53. The van der Waals surface area contributed by atoms with Crippen molar-refractivity contribution < 1.29 is 4.79 Å². The second-order valence-electron chi connectivity index (χ2n) is 6.40. The maximum absolute atomic E-state index is 12.1. The third-order valence-electron chi connectivity index (χ3n) is 4.69. The second-order valence-corrected chi connectivity index (χ2v) is 6.40. The first-order chi connectivity index (χ1) is 8.20. The summed E-state index contributed by atoms with van der Waals surface area (Å²) in [5.74, 6) is 1.83. The van der Waals surface area contributed by atoms with E-state index in [0.717, 1.165) is 18.9 Å². The van der Waals surface area contributed by atoms with Crippen molar-refractivity contribution in [2.45, 2.75) is 57.0 Å². The number of hydrogen-bond acceptors (Lipinski definition) is 2. The van der Waals surface area contributed by atoms with Gasteiger partial charge in [-0.2, -0.15) is 0 Å². The van der Waals surface area contributed by atoms with Crippen molar-refractivity contribution in [1.82, 2.24) is 10.2 Å². The van der Waals surface area contributed by atoms with Crippen molar-refractivity contribution in [2.24, 2.45) is 11.8 Å². The number of rotatable bonds is 4. The van der Waals surface area contributed by atoms with Gasteiger partial charge in [0.05, 0.1) is 0 Å². The summed E-state index contributed by atoms with van der Waals surface area (Å²) in [4.78, 5) is 14.1. The molecule has 0 aromatic heterocycles. The van der Waals surface area contributed by atoms with Gasteiger partial charge in [0, 0.05) is 32.1 Å². The highest BCUT2D eigenvalue weighted by molar-refractivity contribution is 5.85. The van der Waals surface area contributed by atoms with Crippen LogP contribution >= 0.6 is 12.4 Å². The SMILES string of the molecule is CN(CC1CC1)C(=O)CC1CC2CCC(C1)N2.Cl. The molecule has 104 valence electrons. The zero-order valence-electron chi connectivity index (χ0n) is 11.2. The minimum Gasteiger partial charge on any atom is -0.345 e. The van der Waals surface area contributed by atoms with Gasteiger partial charge in [-0.15, -0.1) is 12.4 Å². The highest BCUT2D eigenvalue weighted by Gasteiger charge is 2.35. The van der Waals surface area contributed by atoms with Crippen LogP contribution in [-0.4, -0.2) is 36.5 Å². The van der Waals surface area contributed by atoms with Crippen LogP contribution in [0.4, 0.5) is 0 Å². The van der Waals surface area contributed by atoms with Crippen molar-refractivity contribution >= 4 is 18.3 Å². The molecule has 3 aliphatic rings. The molecule has 3 rings (SSSR count). The Morgan fingerprint density at radius 1 is 1.11 bits per heavy atom. The number of fused-ring (bicyclic) bond motifs is 2. The molecule has 4 heteroatoms. The average molecular weight is 273 g/mol.